The molecule has 4 rings (SSSR count). The molecule has 0 aliphatic carbocycles. The van der Waals surface area contributed by atoms with E-state index in [9.17, 15) is 14.7 Å². The Morgan fingerprint density at radius 3 is 2.50 bits per heavy atom. The molecule has 0 aromatic heterocycles. The number of hydrogen-bond acceptors (Lipinski definition) is 7. The quantitative estimate of drug-likeness (QED) is 0.509. The van der Waals surface area contributed by atoms with Crippen LogP contribution in [0.15, 0.2) is 65.9 Å². The summed E-state index contributed by atoms with van der Waals surface area (Å²) in [4.78, 5) is 30.5. The molecule has 1 fully saturated rings. The highest BCUT2D eigenvalue weighted by atomic mass is 16.5. The van der Waals surface area contributed by atoms with E-state index in [0.717, 1.165) is 25.2 Å². The smallest absolute Gasteiger partial charge is 0.290 e. The zero-order valence-electron chi connectivity index (χ0n) is 20.7. The van der Waals surface area contributed by atoms with Gasteiger partial charge in [0.1, 0.15) is 0 Å². The van der Waals surface area contributed by atoms with Crippen molar-refractivity contribution in [1.29, 1.82) is 0 Å². The van der Waals surface area contributed by atoms with Gasteiger partial charge in [-0.25, -0.2) is 0 Å². The maximum Gasteiger partial charge on any atom is 0.290 e. The number of aliphatic hydroxyl groups excluding tert-OH is 1. The molecule has 0 saturated carbocycles. The summed E-state index contributed by atoms with van der Waals surface area (Å²) in [6, 6.07) is 13.9. The van der Waals surface area contributed by atoms with Gasteiger partial charge >= 0.3 is 0 Å². The summed E-state index contributed by atoms with van der Waals surface area (Å²) in [5, 5.41) is 10.9. The Labute approximate surface area is 211 Å². The normalized spacial score (nSPS) is 18.8. The van der Waals surface area contributed by atoms with Crippen molar-refractivity contribution >= 4 is 17.8 Å². The number of hydrogen-bond donors (Lipinski definition) is 1. The average Bonchev–Trinajstić information content (AvgIpc) is 3.17. The molecule has 2 aromatic rings. The number of ketones is 1. The van der Waals surface area contributed by atoms with Crippen LogP contribution in [0, 0.1) is 0 Å². The Bertz CT molecular complexity index is 1140. The molecule has 36 heavy (non-hydrogen) atoms. The summed E-state index contributed by atoms with van der Waals surface area (Å²) in [5.41, 5.74) is 1.45. The first-order chi connectivity index (χ1) is 17.5. The van der Waals surface area contributed by atoms with Crippen LogP contribution in [0.2, 0.25) is 0 Å². The third-order valence-electron chi connectivity index (χ3n) is 6.50. The number of morpholine rings is 1. The first kappa shape index (κ1) is 25.5. The van der Waals surface area contributed by atoms with Crippen molar-refractivity contribution < 1.29 is 28.9 Å². The molecule has 1 amide bonds. The Kier molecular flexibility index (Phi) is 8.40. The topological polar surface area (TPSA) is 88.5 Å². The molecular weight excluding hydrogens is 460 g/mol. The van der Waals surface area contributed by atoms with Gasteiger partial charge in [0.2, 0.25) is 0 Å². The molecule has 0 bridgehead atoms. The van der Waals surface area contributed by atoms with Gasteiger partial charge in [-0.15, -0.1) is 0 Å². The summed E-state index contributed by atoms with van der Waals surface area (Å²) < 4.78 is 16.5. The SMILES string of the molecule is COc1cccc(C2C(C(=O)/C=C/c3ccccc3)=C(O)C(=O)N2CCCN2CCOCC2)c1OC. The van der Waals surface area contributed by atoms with Crippen LogP contribution >= 0.6 is 0 Å². The number of rotatable bonds is 10. The van der Waals surface area contributed by atoms with Crippen LogP contribution in [0.3, 0.4) is 0 Å². The van der Waals surface area contributed by atoms with Crippen molar-refractivity contribution in [3.63, 3.8) is 0 Å². The molecule has 1 N–H and O–H groups in total. The third-order valence-corrected chi connectivity index (χ3v) is 6.50. The number of ether oxygens (including phenoxy) is 3. The highest BCUT2D eigenvalue weighted by Gasteiger charge is 2.44. The zero-order valence-corrected chi connectivity index (χ0v) is 20.7. The van der Waals surface area contributed by atoms with E-state index in [-0.39, 0.29) is 5.57 Å². The first-order valence-electron chi connectivity index (χ1n) is 12.1. The molecular formula is C28H32N2O6. The fourth-order valence-electron chi connectivity index (χ4n) is 4.70. The van der Waals surface area contributed by atoms with E-state index in [2.05, 4.69) is 4.90 Å². The molecule has 2 aromatic carbocycles. The van der Waals surface area contributed by atoms with Crippen molar-refractivity contribution in [3.8, 4) is 11.5 Å². The first-order valence-corrected chi connectivity index (χ1v) is 12.1. The minimum Gasteiger partial charge on any atom is -0.503 e. The highest BCUT2D eigenvalue weighted by Crippen LogP contribution is 2.44. The number of carbonyl (C=O) groups excluding carboxylic acids is 2. The predicted molar refractivity (Wildman–Crippen MR) is 136 cm³/mol. The minimum absolute atomic E-state index is 0.0325. The van der Waals surface area contributed by atoms with Crippen molar-refractivity contribution in [2.45, 2.75) is 12.5 Å². The van der Waals surface area contributed by atoms with Gasteiger partial charge in [0, 0.05) is 31.7 Å². The van der Waals surface area contributed by atoms with Crippen LogP contribution in [0.25, 0.3) is 6.08 Å². The van der Waals surface area contributed by atoms with Gasteiger partial charge < -0.3 is 24.2 Å². The Morgan fingerprint density at radius 2 is 1.81 bits per heavy atom. The van der Waals surface area contributed by atoms with Gasteiger partial charge in [0.25, 0.3) is 5.91 Å². The Balaban J connectivity index is 1.66. The van der Waals surface area contributed by atoms with Crippen molar-refractivity contribution in [2.24, 2.45) is 0 Å². The van der Waals surface area contributed by atoms with E-state index in [1.807, 2.05) is 30.3 Å². The molecule has 2 aliphatic heterocycles. The lowest BCUT2D eigenvalue weighted by atomic mass is 9.94. The van der Waals surface area contributed by atoms with Crippen LogP contribution in [-0.2, 0) is 14.3 Å². The lowest BCUT2D eigenvalue weighted by molar-refractivity contribution is -0.129. The molecule has 190 valence electrons. The van der Waals surface area contributed by atoms with Gasteiger partial charge in [-0.3, -0.25) is 14.5 Å². The number of amides is 1. The largest absolute Gasteiger partial charge is 0.503 e. The summed E-state index contributed by atoms with van der Waals surface area (Å²) >= 11 is 0. The average molecular weight is 493 g/mol. The van der Waals surface area contributed by atoms with Gasteiger partial charge in [0.05, 0.1) is 39.0 Å². The molecule has 2 heterocycles. The molecule has 1 saturated heterocycles. The number of carbonyl (C=O) groups is 2. The van der Waals surface area contributed by atoms with E-state index < -0.39 is 23.5 Å². The van der Waals surface area contributed by atoms with Crippen molar-refractivity contribution in [2.75, 3.05) is 53.6 Å². The van der Waals surface area contributed by atoms with E-state index in [4.69, 9.17) is 14.2 Å². The van der Waals surface area contributed by atoms with Crippen LogP contribution in [0.5, 0.6) is 11.5 Å². The number of aliphatic hydroxyl groups is 1. The number of benzene rings is 2. The Morgan fingerprint density at radius 1 is 1.06 bits per heavy atom. The van der Waals surface area contributed by atoms with E-state index in [0.29, 0.717) is 43.2 Å². The molecule has 1 atom stereocenters. The number of allylic oxidation sites excluding steroid dienone is 1. The van der Waals surface area contributed by atoms with Gasteiger partial charge in [-0.2, -0.15) is 0 Å². The molecule has 2 aliphatic rings. The molecule has 8 nitrogen and oxygen atoms in total. The molecule has 1 unspecified atom stereocenters. The van der Waals surface area contributed by atoms with Gasteiger partial charge in [-0.05, 0) is 24.1 Å². The second-order valence-electron chi connectivity index (χ2n) is 8.66. The summed E-state index contributed by atoms with van der Waals surface area (Å²) in [5.74, 6) is -0.630. The predicted octanol–water partition coefficient (Wildman–Crippen LogP) is 3.40. The van der Waals surface area contributed by atoms with E-state index in [1.165, 1.54) is 20.3 Å². The lowest BCUT2D eigenvalue weighted by Crippen LogP contribution is -2.39. The second-order valence-corrected chi connectivity index (χ2v) is 8.66. The van der Waals surface area contributed by atoms with Crippen LogP contribution in [0.1, 0.15) is 23.6 Å². The molecule has 8 heteroatoms. The fourth-order valence-corrected chi connectivity index (χ4v) is 4.70. The van der Waals surface area contributed by atoms with Crippen LogP contribution in [0.4, 0.5) is 0 Å². The van der Waals surface area contributed by atoms with Crippen LogP contribution in [-0.4, -0.2) is 80.2 Å². The van der Waals surface area contributed by atoms with Crippen molar-refractivity contribution in [3.05, 3.63) is 77.1 Å². The number of nitrogens with zero attached hydrogens (tertiary/aromatic N) is 2. The standard InChI is InChI=1S/C28H32N2O6/c1-34-23-11-6-10-21(27(23)35-2)25-24(22(31)13-12-20-8-4-3-5-9-20)26(32)28(33)30(25)15-7-14-29-16-18-36-19-17-29/h3-6,8-13,25,32H,7,14-19H2,1-2H3/b13-12+. The third kappa shape index (κ3) is 5.45. The number of methoxy groups -OCH3 is 2. The van der Waals surface area contributed by atoms with Crippen molar-refractivity contribution in [1.82, 2.24) is 9.80 Å². The van der Waals surface area contributed by atoms with Gasteiger partial charge in [-0.1, -0.05) is 48.5 Å². The minimum atomic E-state index is -0.805. The van der Waals surface area contributed by atoms with E-state index in [1.54, 1.807) is 29.2 Å². The monoisotopic (exact) mass is 492 g/mol. The zero-order chi connectivity index (χ0) is 25.5. The van der Waals surface area contributed by atoms with E-state index >= 15 is 0 Å². The Hall–Kier alpha value is -3.62. The summed E-state index contributed by atoms with van der Waals surface area (Å²) in [6.07, 6.45) is 3.75. The summed E-state index contributed by atoms with van der Waals surface area (Å²) in [6.45, 7) is 4.23. The second kappa shape index (κ2) is 11.9. The molecule has 0 spiro atoms. The molecule has 0 radical (unpaired) electrons. The maximum atomic E-state index is 13.4. The fraction of sp³-hybridized carbons (Fsp3) is 0.357. The number of para-hydroxylation sites is 1. The summed E-state index contributed by atoms with van der Waals surface area (Å²) in [7, 11) is 3.05. The van der Waals surface area contributed by atoms with Crippen LogP contribution < -0.4 is 9.47 Å². The lowest BCUT2D eigenvalue weighted by Gasteiger charge is -2.30. The van der Waals surface area contributed by atoms with Gasteiger partial charge in [0.15, 0.2) is 23.0 Å². The highest BCUT2D eigenvalue weighted by molar-refractivity contribution is 6.14. The maximum absolute atomic E-state index is 13.4.